The van der Waals surface area contributed by atoms with E-state index in [1.807, 2.05) is 30.3 Å². The number of carbonyl (C=O) groups is 1. The molecule has 3 aromatic rings. The minimum atomic E-state index is -4.68. The molecule has 0 bridgehead atoms. The van der Waals surface area contributed by atoms with Crippen LogP contribution >= 0.6 is 23.4 Å². The number of nitrogens with two attached hydrogens (primary N) is 1. The lowest BCUT2D eigenvalue weighted by atomic mass is 9.98. The molecule has 0 aromatic heterocycles. The summed E-state index contributed by atoms with van der Waals surface area (Å²) in [5.74, 6) is -1.49. The van der Waals surface area contributed by atoms with E-state index >= 15 is 0 Å². The van der Waals surface area contributed by atoms with Crippen molar-refractivity contribution in [2.45, 2.75) is 11.1 Å². The van der Waals surface area contributed by atoms with E-state index in [9.17, 15) is 18.0 Å². The number of thioether (sulfide) groups is 1. The summed E-state index contributed by atoms with van der Waals surface area (Å²) >= 11 is 7.21. The van der Waals surface area contributed by atoms with Crippen molar-refractivity contribution in [2.75, 3.05) is 18.1 Å². The van der Waals surface area contributed by atoms with Gasteiger partial charge in [-0.1, -0.05) is 41.9 Å². The summed E-state index contributed by atoms with van der Waals surface area (Å²) in [6.07, 6.45) is -2.76. The monoisotopic (exact) mass is 493 g/mol. The zero-order chi connectivity index (χ0) is 24.0. The Kier molecular flexibility index (Phi) is 7.94. The zero-order valence-corrected chi connectivity index (χ0v) is 18.7. The standard InChI is InChI=1S/C24H19ClF3NO3S/c25-17-5-1-15(2-6-17)20(16-3-7-18(29)8-4-16)11-12-33-19-9-10-22(32-14-23(30)31)21(13-19)24(26,27)28/h1-11,13H,12,14,29H2,(H,30,31)/b20-11+. The van der Waals surface area contributed by atoms with E-state index in [0.29, 0.717) is 21.4 Å². The highest BCUT2D eigenvalue weighted by Gasteiger charge is 2.35. The van der Waals surface area contributed by atoms with Crippen LogP contribution in [0.15, 0.2) is 77.7 Å². The van der Waals surface area contributed by atoms with Crippen molar-refractivity contribution in [3.63, 3.8) is 0 Å². The maximum Gasteiger partial charge on any atom is 0.420 e. The Balaban J connectivity index is 1.86. The first kappa shape index (κ1) is 24.5. The molecule has 0 spiro atoms. The molecule has 4 nitrogen and oxygen atoms in total. The molecular formula is C24H19ClF3NO3S. The summed E-state index contributed by atoms with van der Waals surface area (Å²) in [5.41, 5.74) is 8.08. The van der Waals surface area contributed by atoms with Crippen molar-refractivity contribution in [1.29, 1.82) is 0 Å². The second kappa shape index (κ2) is 10.7. The van der Waals surface area contributed by atoms with Gasteiger partial charge in [0.2, 0.25) is 0 Å². The van der Waals surface area contributed by atoms with Crippen molar-refractivity contribution in [1.82, 2.24) is 0 Å². The highest BCUT2D eigenvalue weighted by Crippen LogP contribution is 2.39. The largest absolute Gasteiger partial charge is 0.481 e. The maximum atomic E-state index is 13.4. The van der Waals surface area contributed by atoms with E-state index in [0.717, 1.165) is 28.8 Å². The molecule has 0 aliphatic carbocycles. The fourth-order valence-corrected chi connectivity index (χ4v) is 3.94. The third-order valence-corrected chi connectivity index (χ3v) is 5.69. The summed E-state index contributed by atoms with van der Waals surface area (Å²) in [5, 5.41) is 9.27. The average Bonchev–Trinajstić information content (AvgIpc) is 2.76. The SMILES string of the molecule is Nc1ccc(/C(=C/CSc2ccc(OCC(=O)O)c(C(F)(F)F)c2)c2ccc(Cl)cc2)cc1. The van der Waals surface area contributed by atoms with Gasteiger partial charge in [0.15, 0.2) is 6.61 Å². The molecule has 0 amide bonds. The lowest BCUT2D eigenvalue weighted by Gasteiger charge is -2.14. The van der Waals surface area contributed by atoms with E-state index < -0.39 is 30.1 Å². The Morgan fingerprint density at radius 1 is 1.03 bits per heavy atom. The van der Waals surface area contributed by atoms with Crippen LogP contribution in [0.25, 0.3) is 5.57 Å². The number of ether oxygens (including phenoxy) is 1. The molecule has 172 valence electrons. The van der Waals surface area contributed by atoms with E-state index in [2.05, 4.69) is 0 Å². The number of aliphatic carboxylic acids is 1. The molecule has 9 heteroatoms. The van der Waals surface area contributed by atoms with E-state index in [1.165, 1.54) is 17.8 Å². The van der Waals surface area contributed by atoms with Gasteiger partial charge >= 0.3 is 12.1 Å². The summed E-state index contributed by atoms with van der Waals surface area (Å²) < 4.78 is 45.1. The number of benzene rings is 3. The lowest BCUT2D eigenvalue weighted by Crippen LogP contribution is -2.14. The molecule has 0 atom stereocenters. The van der Waals surface area contributed by atoms with Gasteiger partial charge in [0.25, 0.3) is 0 Å². The molecule has 0 aliphatic heterocycles. The van der Waals surface area contributed by atoms with Crippen LogP contribution in [0.4, 0.5) is 18.9 Å². The normalized spacial score (nSPS) is 11.9. The van der Waals surface area contributed by atoms with Gasteiger partial charge in [0.05, 0.1) is 5.56 Å². The van der Waals surface area contributed by atoms with E-state index in [-0.39, 0.29) is 0 Å². The molecular weight excluding hydrogens is 475 g/mol. The minimum Gasteiger partial charge on any atom is -0.481 e. The Bertz CT molecular complexity index is 1100. The van der Waals surface area contributed by atoms with Crippen molar-refractivity contribution < 1.29 is 27.8 Å². The zero-order valence-electron chi connectivity index (χ0n) is 17.1. The number of carboxylic acids is 1. The molecule has 0 unspecified atom stereocenters. The topological polar surface area (TPSA) is 72.5 Å². The van der Waals surface area contributed by atoms with Crippen molar-refractivity contribution >= 4 is 40.6 Å². The first-order chi connectivity index (χ1) is 15.6. The first-order valence-electron chi connectivity index (χ1n) is 9.64. The number of anilines is 1. The summed E-state index contributed by atoms with van der Waals surface area (Å²) in [7, 11) is 0. The van der Waals surface area contributed by atoms with Crippen LogP contribution in [0.5, 0.6) is 5.75 Å². The molecule has 0 radical (unpaired) electrons. The minimum absolute atomic E-state index is 0.369. The average molecular weight is 494 g/mol. The lowest BCUT2D eigenvalue weighted by molar-refractivity contribution is -0.143. The second-order valence-corrected chi connectivity index (χ2v) is 8.43. The molecule has 0 fully saturated rings. The molecule has 3 N–H and O–H groups in total. The van der Waals surface area contributed by atoms with Crippen molar-refractivity contribution in [3.8, 4) is 5.75 Å². The van der Waals surface area contributed by atoms with Gasteiger partial charge in [-0.15, -0.1) is 11.8 Å². The quantitative estimate of drug-likeness (QED) is 0.272. The van der Waals surface area contributed by atoms with Gasteiger partial charge in [-0.05, 0) is 59.2 Å². The fourth-order valence-electron chi connectivity index (χ4n) is 3.00. The Labute approximate surface area is 197 Å². The molecule has 0 saturated heterocycles. The van der Waals surface area contributed by atoms with Crippen molar-refractivity contribution in [3.05, 3.63) is 94.5 Å². The Morgan fingerprint density at radius 3 is 2.21 bits per heavy atom. The van der Waals surface area contributed by atoms with Crippen LogP contribution in [0.2, 0.25) is 5.02 Å². The number of rotatable bonds is 8. The number of alkyl halides is 3. The fraction of sp³-hybridized carbons (Fsp3) is 0.125. The molecule has 3 aromatic carbocycles. The highest BCUT2D eigenvalue weighted by atomic mass is 35.5. The highest BCUT2D eigenvalue weighted by molar-refractivity contribution is 7.99. The van der Waals surface area contributed by atoms with Gasteiger partial charge in [-0.25, -0.2) is 4.79 Å². The number of hydrogen-bond acceptors (Lipinski definition) is 4. The first-order valence-corrected chi connectivity index (χ1v) is 11.0. The maximum absolute atomic E-state index is 13.4. The molecule has 0 aliphatic rings. The smallest absolute Gasteiger partial charge is 0.420 e. The molecule has 0 heterocycles. The predicted octanol–water partition coefficient (Wildman–Crippen LogP) is 6.63. The van der Waals surface area contributed by atoms with Gasteiger partial charge in [0, 0.05) is 21.4 Å². The molecule has 0 saturated carbocycles. The summed E-state index contributed by atoms with van der Waals surface area (Å²) in [6.45, 7) is -0.857. The van der Waals surface area contributed by atoms with Crippen molar-refractivity contribution in [2.24, 2.45) is 0 Å². The van der Waals surface area contributed by atoms with Gasteiger partial charge in [-0.3, -0.25) is 0 Å². The number of carboxylic acid groups (broad SMARTS) is 1. The van der Waals surface area contributed by atoms with Crippen LogP contribution in [0.3, 0.4) is 0 Å². The van der Waals surface area contributed by atoms with Crippen LogP contribution < -0.4 is 10.5 Å². The molecule has 3 rings (SSSR count). The predicted molar refractivity (Wildman–Crippen MR) is 125 cm³/mol. The summed E-state index contributed by atoms with van der Waals surface area (Å²) in [4.78, 5) is 11.0. The van der Waals surface area contributed by atoms with Crippen LogP contribution in [-0.4, -0.2) is 23.4 Å². The van der Waals surface area contributed by atoms with E-state index in [4.69, 9.17) is 27.2 Å². The van der Waals surface area contributed by atoms with Gasteiger partial charge < -0.3 is 15.6 Å². The number of halogens is 4. The van der Waals surface area contributed by atoms with Gasteiger partial charge in [0.1, 0.15) is 5.75 Å². The van der Waals surface area contributed by atoms with Gasteiger partial charge in [-0.2, -0.15) is 13.2 Å². The number of nitrogen functional groups attached to an aromatic ring is 1. The Hall–Kier alpha value is -3.10. The van der Waals surface area contributed by atoms with E-state index in [1.54, 1.807) is 24.3 Å². The second-order valence-electron chi connectivity index (χ2n) is 6.90. The van der Waals surface area contributed by atoms with Crippen LogP contribution in [-0.2, 0) is 11.0 Å². The van der Waals surface area contributed by atoms with Crippen LogP contribution in [0.1, 0.15) is 16.7 Å². The Morgan fingerprint density at radius 2 is 1.64 bits per heavy atom. The summed E-state index contributed by atoms with van der Waals surface area (Å²) in [6, 6.07) is 18.1. The molecule has 33 heavy (non-hydrogen) atoms. The third kappa shape index (κ3) is 6.94. The third-order valence-electron chi connectivity index (χ3n) is 4.52. The number of hydrogen-bond donors (Lipinski definition) is 2. The van der Waals surface area contributed by atoms with Crippen LogP contribution in [0, 0.1) is 0 Å².